The van der Waals surface area contributed by atoms with E-state index in [-0.39, 0.29) is 18.2 Å². The number of nitrogens with one attached hydrogen (secondary N) is 2. The first-order chi connectivity index (χ1) is 16.0. The SMILES string of the molecule is O=C(N/N=C/c1ccc(O)c(I)c1)/C(=C/c1ccc2c(c1)OCO2)NC(=O)c1ccccc1. The fraction of sp³-hybridized carbons (Fsp3) is 0.0417. The van der Waals surface area contributed by atoms with Gasteiger partial charge >= 0.3 is 0 Å². The second kappa shape index (κ2) is 10.2. The maximum atomic E-state index is 12.9. The molecule has 166 valence electrons. The van der Waals surface area contributed by atoms with Crippen LogP contribution in [0.3, 0.4) is 0 Å². The standard InChI is InChI=1S/C24H18IN3O5/c25-18-10-16(6-8-20(18)29)13-26-28-24(31)19(27-23(30)17-4-2-1-3-5-17)11-15-7-9-21-22(12-15)33-14-32-21/h1-13,29H,14H2,(H,27,30)(H,28,31)/b19-11-,26-13+. The molecule has 1 aliphatic rings. The van der Waals surface area contributed by atoms with Gasteiger partial charge in [-0.3, -0.25) is 9.59 Å². The summed E-state index contributed by atoms with van der Waals surface area (Å²) in [5.74, 6) is 0.281. The molecule has 2 amide bonds. The van der Waals surface area contributed by atoms with Gasteiger partial charge in [-0.15, -0.1) is 0 Å². The van der Waals surface area contributed by atoms with Crippen molar-refractivity contribution < 1.29 is 24.2 Å². The number of carbonyl (C=O) groups excluding carboxylic acids is 2. The van der Waals surface area contributed by atoms with Crippen molar-refractivity contribution in [1.29, 1.82) is 0 Å². The summed E-state index contributed by atoms with van der Waals surface area (Å²) in [5.41, 5.74) is 4.15. The van der Waals surface area contributed by atoms with Crippen molar-refractivity contribution in [2.24, 2.45) is 5.10 Å². The number of phenolic OH excluding ortho intramolecular Hbond substituents is 1. The summed E-state index contributed by atoms with van der Waals surface area (Å²) in [6, 6.07) is 18.7. The Kier molecular flexibility index (Phi) is 6.89. The van der Waals surface area contributed by atoms with Crippen LogP contribution in [0.4, 0.5) is 0 Å². The highest BCUT2D eigenvalue weighted by molar-refractivity contribution is 14.1. The number of halogens is 1. The van der Waals surface area contributed by atoms with Crippen LogP contribution in [0.2, 0.25) is 0 Å². The summed E-state index contributed by atoms with van der Waals surface area (Å²) in [6.07, 6.45) is 2.97. The molecule has 33 heavy (non-hydrogen) atoms. The summed E-state index contributed by atoms with van der Waals surface area (Å²) >= 11 is 1.99. The van der Waals surface area contributed by atoms with Gasteiger partial charge in [0.05, 0.1) is 9.78 Å². The van der Waals surface area contributed by atoms with Crippen molar-refractivity contribution in [1.82, 2.24) is 10.7 Å². The van der Waals surface area contributed by atoms with Crippen molar-refractivity contribution in [2.45, 2.75) is 0 Å². The van der Waals surface area contributed by atoms with E-state index in [0.717, 1.165) is 0 Å². The van der Waals surface area contributed by atoms with Crippen LogP contribution in [0.1, 0.15) is 21.5 Å². The number of benzene rings is 3. The Bertz CT molecular complexity index is 1260. The number of fused-ring (bicyclic) bond motifs is 1. The second-order valence-electron chi connectivity index (χ2n) is 6.90. The van der Waals surface area contributed by atoms with Crippen molar-refractivity contribution in [2.75, 3.05) is 6.79 Å². The number of carbonyl (C=O) groups is 2. The molecular formula is C24H18IN3O5. The molecule has 0 bridgehead atoms. The van der Waals surface area contributed by atoms with Gasteiger partial charge in [0.25, 0.3) is 11.8 Å². The van der Waals surface area contributed by atoms with Gasteiger partial charge < -0.3 is 19.9 Å². The van der Waals surface area contributed by atoms with Crippen molar-refractivity contribution in [3.8, 4) is 17.2 Å². The topological polar surface area (TPSA) is 109 Å². The Morgan fingerprint density at radius 2 is 1.73 bits per heavy atom. The van der Waals surface area contributed by atoms with Crippen molar-refractivity contribution in [3.05, 3.63) is 92.7 Å². The largest absolute Gasteiger partial charge is 0.507 e. The number of aromatic hydroxyl groups is 1. The van der Waals surface area contributed by atoms with Crippen LogP contribution in [0.25, 0.3) is 6.08 Å². The number of amides is 2. The lowest BCUT2D eigenvalue weighted by Crippen LogP contribution is -2.32. The van der Waals surface area contributed by atoms with Crippen LogP contribution in [0.5, 0.6) is 17.2 Å². The summed E-state index contributed by atoms with van der Waals surface area (Å²) in [6.45, 7) is 0.130. The molecule has 3 aromatic rings. The quantitative estimate of drug-likeness (QED) is 0.186. The van der Waals surface area contributed by atoms with Crippen LogP contribution in [-0.2, 0) is 4.79 Å². The third-order valence-corrected chi connectivity index (χ3v) is 5.45. The van der Waals surface area contributed by atoms with Crippen LogP contribution in [0, 0.1) is 3.57 Å². The number of phenols is 1. The van der Waals surface area contributed by atoms with Crippen LogP contribution < -0.4 is 20.2 Å². The number of ether oxygens (including phenoxy) is 2. The van der Waals surface area contributed by atoms with Gasteiger partial charge in [-0.25, -0.2) is 5.43 Å². The zero-order valence-corrected chi connectivity index (χ0v) is 19.3. The molecule has 3 aromatic carbocycles. The number of hydrazone groups is 1. The minimum absolute atomic E-state index is 0.000144. The summed E-state index contributed by atoms with van der Waals surface area (Å²) < 4.78 is 11.3. The highest BCUT2D eigenvalue weighted by Gasteiger charge is 2.16. The first kappa shape index (κ1) is 22.3. The third kappa shape index (κ3) is 5.69. The number of rotatable bonds is 6. The molecule has 0 saturated carbocycles. The molecule has 3 N–H and O–H groups in total. The van der Waals surface area contributed by atoms with E-state index < -0.39 is 11.8 Å². The number of hydrogen-bond donors (Lipinski definition) is 3. The molecule has 0 saturated heterocycles. The van der Waals surface area contributed by atoms with Gasteiger partial charge in [0.2, 0.25) is 6.79 Å². The minimum Gasteiger partial charge on any atom is -0.507 e. The molecule has 0 fully saturated rings. The van der Waals surface area contributed by atoms with Gasteiger partial charge in [-0.05, 0) is 82.3 Å². The molecule has 4 rings (SSSR count). The molecule has 1 aliphatic heterocycles. The van der Waals surface area contributed by atoms with E-state index in [1.54, 1.807) is 60.7 Å². The summed E-state index contributed by atoms with van der Waals surface area (Å²) in [5, 5.41) is 16.2. The van der Waals surface area contributed by atoms with Gasteiger partial charge in [-0.1, -0.05) is 24.3 Å². The summed E-state index contributed by atoms with van der Waals surface area (Å²) in [4.78, 5) is 25.5. The molecule has 0 radical (unpaired) electrons. The number of hydrogen-bond acceptors (Lipinski definition) is 6. The number of nitrogens with zero attached hydrogens (tertiary/aromatic N) is 1. The molecular weight excluding hydrogens is 537 g/mol. The van der Waals surface area contributed by atoms with E-state index in [1.807, 2.05) is 22.6 Å². The van der Waals surface area contributed by atoms with E-state index in [0.29, 0.717) is 31.8 Å². The Labute approximate surface area is 203 Å². The fourth-order valence-corrected chi connectivity index (χ4v) is 3.48. The van der Waals surface area contributed by atoms with Crippen molar-refractivity contribution >= 4 is 46.7 Å². The lowest BCUT2D eigenvalue weighted by Gasteiger charge is -2.09. The zero-order chi connectivity index (χ0) is 23.2. The normalized spacial score (nSPS) is 12.6. The van der Waals surface area contributed by atoms with Crippen LogP contribution in [0.15, 0.2) is 77.5 Å². The lowest BCUT2D eigenvalue weighted by molar-refractivity contribution is -0.117. The molecule has 0 aliphatic carbocycles. The Morgan fingerprint density at radius 1 is 0.970 bits per heavy atom. The first-order valence-corrected chi connectivity index (χ1v) is 10.9. The van der Waals surface area contributed by atoms with E-state index in [9.17, 15) is 14.7 Å². The van der Waals surface area contributed by atoms with Crippen LogP contribution >= 0.6 is 22.6 Å². The van der Waals surface area contributed by atoms with Gasteiger partial charge in [0.15, 0.2) is 11.5 Å². The molecule has 9 heteroatoms. The van der Waals surface area contributed by atoms with Crippen molar-refractivity contribution in [3.63, 3.8) is 0 Å². The van der Waals surface area contributed by atoms with E-state index in [4.69, 9.17) is 9.47 Å². The minimum atomic E-state index is -0.610. The maximum absolute atomic E-state index is 12.9. The average Bonchev–Trinajstić information content (AvgIpc) is 3.29. The molecule has 8 nitrogen and oxygen atoms in total. The van der Waals surface area contributed by atoms with Gasteiger partial charge in [0.1, 0.15) is 11.4 Å². The van der Waals surface area contributed by atoms with Crippen LogP contribution in [-0.4, -0.2) is 29.9 Å². The monoisotopic (exact) mass is 555 g/mol. The predicted molar refractivity (Wildman–Crippen MR) is 131 cm³/mol. The van der Waals surface area contributed by atoms with E-state index in [2.05, 4.69) is 15.8 Å². The smallest absolute Gasteiger partial charge is 0.287 e. The predicted octanol–water partition coefficient (Wildman–Crippen LogP) is 3.65. The van der Waals surface area contributed by atoms with Gasteiger partial charge in [0, 0.05) is 5.56 Å². The Hall–Kier alpha value is -3.86. The molecule has 1 heterocycles. The average molecular weight is 555 g/mol. The summed E-state index contributed by atoms with van der Waals surface area (Å²) in [7, 11) is 0. The van der Waals surface area contributed by atoms with E-state index in [1.165, 1.54) is 18.4 Å². The fourth-order valence-electron chi connectivity index (χ4n) is 2.94. The molecule has 0 unspecified atom stereocenters. The second-order valence-corrected chi connectivity index (χ2v) is 8.06. The molecule has 0 spiro atoms. The molecule has 0 atom stereocenters. The first-order valence-electron chi connectivity index (χ1n) is 9.79. The van der Waals surface area contributed by atoms with Gasteiger partial charge in [-0.2, -0.15) is 5.10 Å². The Morgan fingerprint density at radius 3 is 2.52 bits per heavy atom. The maximum Gasteiger partial charge on any atom is 0.287 e. The lowest BCUT2D eigenvalue weighted by atomic mass is 10.1. The third-order valence-electron chi connectivity index (χ3n) is 4.59. The van der Waals surface area contributed by atoms with E-state index >= 15 is 0 Å². The molecule has 0 aromatic heterocycles. The highest BCUT2D eigenvalue weighted by atomic mass is 127. The zero-order valence-electron chi connectivity index (χ0n) is 17.1. The Balaban J connectivity index is 1.55. The highest BCUT2D eigenvalue weighted by Crippen LogP contribution is 2.33.